The Bertz CT molecular complexity index is 2170. The lowest BCUT2D eigenvalue weighted by Crippen LogP contribution is -2.67. The second-order valence-corrected chi connectivity index (χ2v) is 25.6. The predicted molar refractivity (Wildman–Crippen MR) is 259 cm³/mol. The van der Waals surface area contributed by atoms with Crippen molar-refractivity contribution in [2.45, 2.75) is 229 Å². The Labute approximate surface area is 446 Å². The second-order valence-electron chi connectivity index (χ2n) is 25.6. The predicted octanol–water partition coefficient (Wildman–Crippen LogP) is -2.33. The molecular weight excluding hydrogens is 1020 g/mol. The zero-order valence-electron chi connectivity index (χ0n) is 44.6. The molecule has 4 saturated heterocycles. The van der Waals surface area contributed by atoms with Crippen molar-refractivity contribution in [1.29, 1.82) is 0 Å². The third-order valence-corrected chi connectivity index (χ3v) is 21.1. The van der Waals surface area contributed by atoms with E-state index in [0.717, 1.165) is 5.57 Å². The van der Waals surface area contributed by atoms with Gasteiger partial charge in [-0.25, -0.2) is 0 Å². The van der Waals surface area contributed by atoms with Gasteiger partial charge in [0.1, 0.15) is 91.6 Å². The Morgan fingerprint density at radius 3 is 1.84 bits per heavy atom. The van der Waals surface area contributed by atoms with E-state index in [1.807, 2.05) is 0 Å². The maximum absolute atomic E-state index is 15.2. The smallest absolute Gasteiger partial charge is 0.315 e. The molecule has 0 bridgehead atoms. The number of hydrogen-bond acceptors (Lipinski definition) is 23. The van der Waals surface area contributed by atoms with Crippen LogP contribution in [0.25, 0.3) is 0 Å². The number of aliphatic hydroxyl groups is 13. The van der Waals surface area contributed by atoms with Crippen molar-refractivity contribution in [3.05, 3.63) is 11.6 Å². The van der Waals surface area contributed by atoms with Crippen molar-refractivity contribution in [3.8, 4) is 0 Å². The van der Waals surface area contributed by atoms with Gasteiger partial charge in [-0.2, -0.15) is 0 Å². The molecule has 4 heterocycles. The van der Waals surface area contributed by atoms with Crippen molar-refractivity contribution >= 4 is 11.9 Å². The van der Waals surface area contributed by atoms with Crippen LogP contribution in [0.5, 0.6) is 0 Å². The summed E-state index contributed by atoms with van der Waals surface area (Å²) >= 11 is 0. The van der Waals surface area contributed by atoms with Crippen molar-refractivity contribution in [1.82, 2.24) is 0 Å². The fraction of sp³-hybridized carbons (Fsp3) is 0.925. The lowest BCUT2D eigenvalue weighted by Gasteiger charge is -2.71. The third-order valence-electron chi connectivity index (χ3n) is 21.1. The fourth-order valence-electron chi connectivity index (χ4n) is 16.1. The van der Waals surface area contributed by atoms with E-state index in [1.54, 1.807) is 6.92 Å². The normalized spacial score (nSPS) is 53.6. The van der Waals surface area contributed by atoms with Gasteiger partial charge in [0, 0.05) is 0 Å². The SMILES string of the molecule is CC1(C)CC[C@]2(C(=O)O[C@@H]3O[C@H](CO[C@@H]4O[C@H](CO)[C@@H](O)[C@H](O)[C@H]4O[C@@H]4O[C@H](CO)[C@@H](O)[C@H](O)[C@H]4O)[C@@H](O)[C@H](O)[C@H]3O)CC[C@]3(C)C(=CC[C@@H]4[C@@]5(C)CC[C@H](O[C@@H]6OC[C@@H](O)[C@H](O)[C@H]6O)[C@@](C)(C(=O)O)[C@@H]5CC[C@]43C)[C@@H]2C1. The second kappa shape index (κ2) is 21.6. The zero-order valence-corrected chi connectivity index (χ0v) is 44.6. The summed E-state index contributed by atoms with van der Waals surface area (Å²) in [6.45, 7) is 10.2. The lowest BCUT2D eigenvalue weighted by molar-refractivity contribution is -0.372. The van der Waals surface area contributed by atoms with Crippen molar-refractivity contribution in [2.24, 2.45) is 50.2 Å². The first-order valence-electron chi connectivity index (χ1n) is 27.4. The number of ether oxygens (including phenoxy) is 8. The van der Waals surface area contributed by atoms with E-state index < -0.39 is 176 Å². The Morgan fingerprint density at radius 1 is 0.610 bits per heavy atom. The largest absolute Gasteiger partial charge is 0.481 e. The number of esters is 1. The Balaban J connectivity index is 0.934. The summed E-state index contributed by atoms with van der Waals surface area (Å²) in [6.07, 6.45) is -25.5. The van der Waals surface area contributed by atoms with Gasteiger partial charge in [0.25, 0.3) is 0 Å². The molecule has 0 unspecified atom stereocenters. The van der Waals surface area contributed by atoms with E-state index in [1.165, 1.54) is 0 Å². The van der Waals surface area contributed by atoms with Crippen LogP contribution in [-0.2, 0) is 47.5 Å². The number of carboxylic acids is 1. The van der Waals surface area contributed by atoms with Crippen LogP contribution in [0.4, 0.5) is 0 Å². The van der Waals surface area contributed by atoms with Crippen molar-refractivity contribution in [3.63, 3.8) is 0 Å². The van der Waals surface area contributed by atoms with Crippen LogP contribution in [-0.4, -0.2) is 233 Å². The highest BCUT2D eigenvalue weighted by molar-refractivity contribution is 5.79. The Morgan fingerprint density at radius 2 is 1.19 bits per heavy atom. The number of rotatable bonds is 12. The molecule has 28 atom stereocenters. The van der Waals surface area contributed by atoms with Gasteiger partial charge in [-0.1, -0.05) is 46.3 Å². The molecule has 4 saturated carbocycles. The van der Waals surface area contributed by atoms with Gasteiger partial charge >= 0.3 is 11.9 Å². The molecule has 0 aromatic carbocycles. The van der Waals surface area contributed by atoms with Crippen LogP contribution in [0.2, 0.25) is 0 Å². The highest BCUT2D eigenvalue weighted by Gasteiger charge is 2.72. The van der Waals surface area contributed by atoms with Crippen LogP contribution < -0.4 is 0 Å². The molecule has 24 heteroatoms. The Kier molecular flexibility index (Phi) is 16.7. The average Bonchev–Trinajstić information content (AvgIpc) is 3.46. The standard InChI is InChI=1S/C53H84O24/c1-48(2)13-15-53(47(69)77-44-40(66)36(62)34(60)27(74-44)21-71-45-41(37(63)33(59)26(19-55)73-45)76-43-39(65)35(61)32(58)25(18-54)72-43)16-14-50(4)22(23(53)17-48)7-8-28-49(3)11-10-30(75-42-38(64)31(57)24(56)20-70-42)52(6,46(67)68)29(49)9-12-51(28,50)5/h7,23-45,54-66H,8-21H2,1-6H3,(H,67,68)/t23-,24+,25+,26+,27+,28+,29+,30-,31-,32+,33+,34+,35-,36-,37-,38+,39+,40+,41+,42-,43-,44-,45+,49+,50+,51+,52-,53-/m0/s1. The lowest BCUT2D eigenvalue weighted by atomic mass is 9.33. The average molecular weight is 1110 g/mol. The zero-order chi connectivity index (χ0) is 56.3. The molecule has 8 fully saturated rings. The molecule has 4 aliphatic heterocycles. The molecule has 0 aromatic heterocycles. The van der Waals surface area contributed by atoms with Gasteiger partial charge in [-0.3, -0.25) is 9.59 Å². The quantitative estimate of drug-likeness (QED) is 0.0554. The molecule has 0 radical (unpaired) electrons. The number of aliphatic carboxylic acids is 1. The van der Waals surface area contributed by atoms with E-state index in [2.05, 4.69) is 40.7 Å². The van der Waals surface area contributed by atoms with E-state index in [0.29, 0.717) is 64.2 Å². The van der Waals surface area contributed by atoms with E-state index in [9.17, 15) is 76.3 Å². The van der Waals surface area contributed by atoms with Gasteiger partial charge in [0.15, 0.2) is 18.9 Å². The van der Waals surface area contributed by atoms with E-state index >= 15 is 4.79 Å². The van der Waals surface area contributed by atoms with Gasteiger partial charge in [0.05, 0.1) is 43.4 Å². The molecule has 440 valence electrons. The highest BCUT2D eigenvalue weighted by Crippen LogP contribution is 2.76. The molecule has 0 aromatic rings. The minimum Gasteiger partial charge on any atom is -0.481 e. The minimum atomic E-state index is -1.94. The molecule has 5 aliphatic carbocycles. The van der Waals surface area contributed by atoms with E-state index in [4.69, 9.17) is 37.9 Å². The summed E-state index contributed by atoms with van der Waals surface area (Å²) < 4.78 is 46.9. The maximum atomic E-state index is 15.2. The van der Waals surface area contributed by atoms with Crippen molar-refractivity contribution < 1.29 is 119 Å². The number of hydrogen-bond donors (Lipinski definition) is 14. The van der Waals surface area contributed by atoms with Gasteiger partial charge in [-0.05, 0) is 111 Å². The number of allylic oxidation sites excluding steroid dienone is 2. The number of aliphatic hydroxyl groups excluding tert-OH is 13. The Hall–Kier alpha value is -2.12. The fourth-order valence-corrected chi connectivity index (χ4v) is 16.1. The summed E-state index contributed by atoms with van der Waals surface area (Å²) in [4.78, 5) is 28.8. The topological polar surface area (TPSA) is 391 Å². The van der Waals surface area contributed by atoms with Crippen LogP contribution in [0.15, 0.2) is 11.6 Å². The van der Waals surface area contributed by atoms with Crippen LogP contribution >= 0.6 is 0 Å². The third kappa shape index (κ3) is 9.65. The number of carboxylic acid groups (broad SMARTS) is 1. The molecule has 24 nitrogen and oxygen atoms in total. The summed E-state index contributed by atoms with van der Waals surface area (Å²) in [5.74, 6) is -2.36. The first kappa shape index (κ1) is 59.5. The van der Waals surface area contributed by atoms with Crippen LogP contribution in [0.3, 0.4) is 0 Å². The van der Waals surface area contributed by atoms with Gasteiger partial charge < -0.3 is 109 Å². The van der Waals surface area contributed by atoms with Gasteiger partial charge in [0.2, 0.25) is 6.29 Å². The first-order valence-corrected chi connectivity index (χ1v) is 27.4. The maximum Gasteiger partial charge on any atom is 0.315 e. The number of fused-ring (bicyclic) bond motifs is 7. The van der Waals surface area contributed by atoms with E-state index in [-0.39, 0.29) is 35.2 Å². The molecule has 0 amide bonds. The molecule has 9 rings (SSSR count). The number of carbonyl (C=O) groups is 2. The molecule has 77 heavy (non-hydrogen) atoms. The summed E-state index contributed by atoms with van der Waals surface area (Å²) in [6, 6.07) is 0. The van der Waals surface area contributed by atoms with Crippen molar-refractivity contribution in [2.75, 3.05) is 26.4 Å². The molecule has 9 aliphatic rings. The van der Waals surface area contributed by atoms with Crippen LogP contribution in [0, 0.1) is 50.2 Å². The molecule has 0 spiro atoms. The number of carbonyl (C=O) groups excluding carboxylic acids is 1. The van der Waals surface area contributed by atoms with Crippen LogP contribution in [0.1, 0.15) is 106 Å². The van der Waals surface area contributed by atoms with Gasteiger partial charge in [-0.15, -0.1) is 0 Å². The summed E-state index contributed by atoms with van der Waals surface area (Å²) in [5.41, 5.74) is -2.89. The minimum absolute atomic E-state index is 0.0148. The first-order chi connectivity index (χ1) is 36.0. The highest BCUT2D eigenvalue weighted by atomic mass is 16.8. The molecule has 14 N–H and O–H groups in total. The monoisotopic (exact) mass is 1100 g/mol. The summed E-state index contributed by atoms with van der Waals surface area (Å²) in [7, 11) is 0. The summed E-state index contributed by atoms with van der Waals surface area (Å²) in [5, 5.41) is 149. The molecular formula is C53H84O24.